The normalized spacial score (nSPS) is 10.4. The second-order valence-corrected chi connectivity index (χ2v) is 4.71. The van der Waals surface area contributed by atoms with Crippen molar-refractivity contribution in [3.63, 3.8) is 0 Å². The molecule has 0 amide bonds. The molecular weight excluding hydrogens is 266 g/mol. The SMILES string of the molecule is COc1cccc(Cl)c1CNCCCCCC(=O)O. The van der Waals surface area contributed by atoms with Crippen LogP contribution in [-0.4, -0.2) is 24.7 Å². The van der Waals surface area contributed by atoms with E-state index < -0.39 is 5.97 Å². The van der Waals surface area contributed by atoms with E-state index in [4.69, 9.17) is 21.4 Å². The molecule has 0 spiro atoms. The Labute approximate surface area is 118 Å². The number of carboxylic acids is 1. The summed E-state index contributed by atoms with van der Waals surface area (Å²) >= 11 is 6.12. The first-order valence-electron chi connectivity index (χ1n) is 6.39. The number of benzene rings is 1. The van der Waals surface area contributed by atoms with Gasteiger partial charge in [-0.05, 0) is 31.5 Å². The lowest BCUT2D eigenvalue weighted by Gasteiger charge is -2.11. The summed E-state index contributed by atoms with van der Waals surface area (Å²) in [5, 5.41) is 12.5. The number of carbonyl (C=O) groups is 1. The fourth-order valence-electron chi connectivity index (χ4n) is 1.82. The van der Waals surface area contributed by atoms with E-state index in [1.807, 2.05) is 18.2 Å². The first-order valence-corrected chi connectivity index (χ1v) is 6.77. The highest BCUT2D eigenvalue weighted by atomic mass is 35.5. The Balaban J connectivity index is 2.24. The molecule has 1 rings (SSSR count). The van der Waals surface area contributed by atoms with E-state index in [2.05, 4.69) is 5.32 Å². The Morgan fingerprint density at radius 2 is 2.16 bits per heavy atom. The third-order valence-electron chi connectivity index (χ3n) is 2.84. The molecule has 106 valence electrons. The lowest BCUT2D eigenvalue weighted by molar-refractivity contribution is -0.137. The van der Waals surface area contributed by atoms with Crippen molar-refractivity contribution in [2.75, 3.05) is 13.7 Å². The number of nitrogens with one attached hydrogen (secondary N) is 1. The van der Waals surface area contributed by atoms with Gasteiger partial charge in [0.05, 0.1) is 7.11 Å². The summed E-state index contributed by atoms with van der Waals surface area (Å²) in [5.74, 6) is 0.0552. The molecular formula is C14H20ClNO3. The molecule has 0 saturated heterocycles. The highest BCUT2D eigenvalue weighted by Crippen LogP contribution is 2.25. The number of hydrogen-bond acceptors (Lipinski definition) is 3. The predicted octanol–water partition coefficient (Wildman–Crippen LogP) is 3.08. The molecule has 0 fully saturated rings. The molecule has 2 N–H and O–H groups in total. The molecule has 0 aliphatic rings. The van der Waals surface area contributed by atoms with E-state index in [1.165, 1.54) is 0 Å². The van der Waals surface area contributed by atoms with Crippen LogP contribution >= 0.6 is 11.6 Å². The summed E-state index contributed by atoms with van der Waals surface area (Å²) < 4.78 is 5.26. The van der Waals surface area contributed by atoms with Crippen LogP contribution in [0.2, 0.25) is 5.02 Å². The van der Waals surface area contributed by atoms with E-state index in [9.17, 15) is 4.79 Å². The summed E-state index contributed by atoms with van der Waals surface area (Å²) in [6.45, 7) is 1.50. The second kappa shape index (κ2) is 8.77. The highest BCUT2D eigenvalue weighted by Gasteiger charge is 2.06. The largest absolute Gasteiger partial charge is 0.496 e. The minimum Gasteiger partial charge on any atom is -0.496 e. The van der Waals surface area contributed by atoms with Gasteiger partial charge in [-0.3, -0.25) is 4.79 Å². The van der Waals surface area contributed by atoms with Gasteiger partial charge < -0.3 is 15.2 Å². The standard InChI is InChI=1S/C14H20ClNO3/c1-19-13-7-5-6-12(15)11(13)10-16-9-4-2-3-8-14(17)18/h5-7,16H,2-4,8-10H2,1H3,(H,17,18). The molecule has 19 heavy (non-hydrogen) atoms. The summed E-state index contributed by atoms with van der Waals surface area (Å²) in [4.78, 5) is 10.3. The lowest BCUT2D eigenvalue weighted by atomic mass is 10.1. The van der Waals surface area contributed by atoms with Crippen molar-refractivity contribution in [1.29, 1.82) is 0 Å². The average molecular weight is 286 g/mol. The Morgan fingerprint density at radius 3 is 2.84 bits per heavy atom. The molecule has 0 radical (unpaired) electrons. The Hall–Kier alpha value is -1.26. The molecule has 0 aliphatic heterocycles. The number of carboxylic acid groups (broad SMARTS) is 1. The maximum Gasteiger partial charge on any atom is 0.303 e. The summed E-state index contributed by atoms with van der Waals surface area (Å²) in [6.07, 6.45) is 2.85. The highest BCUT2D eigenvalue weighted by molar-refractivity contribution is 6.31. The molecule has 0 unspecified atom stereocenters. The van der Waals surface area contributed by atoms with Gasteiger partial charge in [-0.1, -0.05) is 24.1 Å². The van der Waals surface area contributed by atoms with E-state index in [0.29, 0.717) is 11.6 Å². The summed E-state index contributed by atoms with van der Waals surface area (Å²) in [6, 6.07) is 5.58. The van der Waals surface area contributed by atoms with Gasteiger partial charge in [0.25, 0.3) is 0 Å². The number of aliphatic carboxylic acids is 1. The minimum absolute atomic E-state index is 0.248. The summed E-state index contributed by atoms with van der Waals surface area (Å²) in [7, 11) is 1.63. The van der Waals surface area contributed by atoms with Crippen molar-refractivity contribution in [3.8, 4) is 5.75 Å². The second-order valence-electron chi connectivity index (χ2n) is 4.30. The molecule has 0 bridgehead atoms. The zero-order valence-electron chi connectivity index (χ0n) is 11.1. The van der Waals surface area contributed by atoms with Gasteiger partial charge in [-0.15, -0.1) is 0 Å². The lowest BCUT2D eigenvalue weighted by Crippen LogP contribution is -2.15. The van der Waals surface area contributed by atoms with Crippen molar-refractivity contribution in [3.05, 3.63) is 28.8 Å². The molecule has 1 aromatic carbocycles. The van der Waals surface area contributed by atoms with E-state index in [-0.39, 0.29) is 6.42 Å². The quantitative estimate of drug-likeness (QED) is 0.685. The van der Waals surface area contributed by atoms with E-state index >= 15 is 0 Å². The van der Waals surface area contributed by atoms with Gasteiger partial charge in [0.2, 0.25) is 0 Å². The smallest absolute Gasteiger partial charge is 0.303 e. The Bertz CT molecular complexity index is 410. The van der Waals surface area contributed by atoms with Crippen molar-refractivity contribution < 1.29 is 14.6 Å². The van der Waals surface area contributed by atoms with Crippen LogP contribution in [-0.2, 0) is 11.3 Å². The van der Waals surface area contributed by atoms with E-state index in [1.54, 1.807) is 7.11 Å². The molecule has 4 nitrogen and oxygen atoms in total. The molecule has 5 heteroatoms. The van der Waals surface area contributed by atoms with E-state index in [0.717, 1.165) is 37.1 Å². The monoisotopic (exact) mass is 285 g/mol. The van der Waals surface area contributed by atoms with Gasteiger partial charge in [0, 0.05) is 23.6 Å². The third kappa shape index (κ3) is 5.94. The van der Waals surface area contributed by atoms with Crippen molar-refractivity contribution in [2.24, 2.45) is 0 Å². The minimum atomic E-state index is -0.728. The predicted molar refractivity (Wildman–Crippen MR) is 75.8 cm³/mol. The number of hydrogen-bond donors (Lipinski definition) is 2. The van der Waals surface area contributed by atoms with Crippen molar-refractivity contribution in [2.45, 2.75) is 32.2 Å². The van der Waals surface area contributed by atoms with Crippen LogP contribution < -0.4 is 10.1 Å². The number of ether oxygens (including phenoxy) is 1. The van der Waals surface area contributed by atoms with Crippen molar-refractivity contribution >= 4 is 17.6 Å². The van der Waals surface area contributed by atoms with Crippen LogP contribution in [0.3, 0.4) is 0 Å². The van der Waals surface area contributed by atoms with Crippen LogP contribution in [0.15, 0.2) is 18.2 Å². The molecule has 1 aromatic rings. The van der Waals surface area contributed by atoms with Crippen molar-refractivity contribution in [1.82, 2.24) is 5.32 Å². The zero-order chi connectivity index (χ0) is 14.1. The first-order chi connectivity index (χ1) is 9.15. The average Bonchev–Trinajstić information content (AvgIpc) is 2.38. The Kier molecular flexibility index (Phi) is 7.30. The van der Waals surface area contributed by atoms with Gasteiger partial charge in [-0.25, -0.2) is 0 Å². The van der Waals surface area contributed by atoms with Gasteiger partial charge in [0.1, 0.15) is 5.75 Å². The maximum absolute atomic E-state index is 10.3. The van der Waals surface area contributed by atoms with Gasteiger partial charge in [0.15, 0.2) is 0 Å². The molecule has 0 heterocycles. The number of methoxy groups -OCH3 is 1. The first kappa shape index (κ1) is 15.8. The molecule has 0 aromatic heterocycles. The summed E-state index contributed by atoms with van der Waals surface area (Å²) in [5.41, 5.74) is 0.956. The fourth-order valence-corrected chi connectivity index (χ4v) is 2.05. The third-order valence-corrected chi connectivity index (χ3v) is 3.20. The van der Waals surface area contributed by atoms with Gasteiger partial charge >= 0.3 is 5.97 Å². The topological polar surface area (TPSA) is 58.6 Å². The van der Waals surface area contributed by atoms with Crippen LogP contribution in [0.4, 0.5) is 0 Å². The number of halogens is 1. The van der Waals surface area contributed by atoms with Crippen LogP contribution in [0.5, 0.6) is 5.75 Å². The van der Waals surface area contributed by atoms with Crippen LogP contribution in [0.1, 0.15) is 31.2 Å². The van der Waals surface area contributed by atoms with Crippen LogP contribution in [0.25, 0.3) is 0 Å². The fraction of sp³-hybridized carbons (Fsp3) is 0.500. The molecule has 0 atom stereocenters. The molecule has 0 aliphatic carbocycles. The van der Waals surface area contributed by atoms with Crippen LogP contribution in [0, 0.1) is 0 Å². The zero-order valence-corrected chi connectivity index (χ0v) is 11.9. The number of rotatable bonds is 9. The maximum atomic E-state index is 10.3. The van der Waals surface area contributed by atoms with Gasteiger partial charge in [-0.2, -0.15) is 0 Å². The Morgan fingerprint density at radius 1 is 1.37 bits per heavy atom. The molecule has 0 saturated carbocycles. The number of unbranched alkanes of at least 4 members (excludes halogenated alkanes) is 2.